The number of benzene rings is 1. The molecule has 0 aromatic heterocycles. The summed E-state index contributed by atoms with van der Waals surface area (Å²) in [5, 5.41) is 9.15. The van der Waals surface area contributed by atoms with Gasteiger partial charge in [0.1, 0.15) is 11.9 Å². The monoisotopic (exact) mass is 329 g/mol. The third kappa shape index (κ3) is 2.94. The van der Waals surface area contributed by atoms with Gasteiger partial charge in [-0.3, -0.25) is 4.79 Å². The maximum absolute atomic E-state index is 13.0. The van der Waals surface area contributed by atoms with Gasteiger partial charge in [0.2, 0.25) is 0 Å². The molecule has 1 heterocycles. The van der Waals surface area contributed by atoms with E-state index in [0.29, 0.717) is 17.4 Å². The van der Waals surface area contributed by atoms with Gasteiger partial charge in [-0.15, -0.1) is 0 Å². The van der Waals surface area contributed by atoms with Crippen molar-refractivity contribution in [3.8, 4) is 0 Å². The highest BCUT2D eigenvalue weighted by Gasteiger charge is 2.33. The summed E-state index contributed by atoms with van der Waals surface area (Å²) in [4.78, 5) is 24.9. The number of amides is 1. The zero-order valence-corrected chi connectivity index (χ0v) is 11.7. The molecular formula is C13H13BrFNO3. The second kappa shape index (κ2) is 5.69. The topological polar surface area (TPSA) is 57.6 Å². The van der Waals surface area contributed by atoms with Crippen LogP contribution in [0, 0.1) is 5.82 Å². The summed E-state index contributed by atoms with van der Waals surface area (Å²) in [7, 11) is 0. The molecule has 1 aliphatic rings. The van der Waals surface area contributed by atoms with E-state index in [2.05, 4.69) is 15.9 Å². The predicted molar refractivity (Wildman–Crippen MR) is 70.4 cm³/mol. The summed E-state index contributed by atoms with van der Waals surface area (Å²) < 4.78 is 13.3. The average molecular weight is 330 g/mol. The van der Waals surface area contributed by atoms with Crippen molar-refractivity contribution < 1.29 is 19.1 Å². The molecule has 1 fully saturated rings. The normalized spacial score (nSPS) is 19.3. The van der Waals surface area contributed by atoms with Gasteiger partial charge in [-0.2, -0.15) is 0 Å². The highest BCUT2D eigenvalue weighted by Crippen LogP contribution is 2.24. The Hall–Kier alpha value is -1.43. The number of carbonyl (C=O) groups is 2. The second-order valence-electron chi connectivity index (χ2n) is 4.47. The van der Waals surface area contributed by atoms with Crippen molar-refractivity contribution in [1.29, 1.82) is 0 Å². The number of nitrogens with zero attached hydrogens (tertiary/aromatic N) is 1. The Morgan fingerprint density at radius 1 is 1.37 bits per heavy atom. The van der Waals surface area contributed by atoms with Gasteiger partial charge in [0.05, 0.1) is 5.56 Å². The first kappa shape index (κ1) is 14.0. The third-order valence-electron chi connectivity index (χ3n) is 3.21. The number of carboxylic acid groups (broad SMARTS) is 1. The van der Waals surface area contributed by atoms with E-state index < -0.39 is 17.8 Å². The molecule has 102 valence electrons. The Morgan fingerprint density at radius 2 is 2.11 bits per heavy atom. The molecule has 0 radical (unpaired) electrons. The molecule has 0 aliphatic carbocycles. The van der Waals surface area contributed by atoms with E-state index >= 15 is 0 Å². The molecule has 6 heteroatoms. The van der Waals surface area contributed by atoms with E-state index in [0.717, 1.165) is 12.8 Å². The molecular weight excluding hydrogens is 317 g/mol. The lowest BCUT2D eigenvalue weighted by molar-refractivity contribution is -0.143. The standard InChI is InChI=1S/C13H13BrFNO3/c14-10-7-8(15)4-5-9(10)12(17)16-6-2-1-3-11(16)13(18)19/h4-5,7,11H,1-3,6H2,(H,18,19). The summed E-state index contributed by atoms with van der Waals surface area (Å²) in [6.07, 6.45) is 2.04. The third-order valence-corrected chi connectivity index (χ3v) is 3.87. The molecule has 1 atom stereocenters. The van der Waals surface area contributed by atoms with Gasteiger partial charge >= 0.3 is 5.97 Å². The molecule has 2 rings (SSSR count). The zero-order chi connectivity index (χ0) is 14.0. The van der Waals surface area contributed by atoms with Gasteiger partial charge in [-0.05, 0) is 53.4 Å². The number of carboxylic acids is 1. The molecule has 1 saturated heterocycles. The van der Waals surface area contributed by atoms with E-state index in [9.17, 15) is 14.0 Å². The molecule has 1 aromatic rings. The van der Waals surface area contributed by atoms with Gasteiger partial charge < -0.3 is 10.0 Å². The number of carbonyl (C=O) groups excluding carboxylic acids is 1. The Bertz CT molecular complexity index is 521. The molecule has 0 saturated carbocycles. The minimum Gasteiger partial charge on any atom is -0.480 e. The molecule has 4 nitrogen and oxygen atoms in total. The Balaban J connectivity index is 2.28. The minimum atomic E-state index is -0.994. The summed E-state index contributed by atoms with van der Waals surface area (Å²) in [6.45, 7) is 0.416. The van der Waals surface area contributed by atoms with Gasteiger partial charge in [0.15, 0.2) is 0 Å². The quantitative estimate of drug-likeness (QED) is 0.907. The Labute approximate surface area is 118 Å². The Morgan fingerprint density at radius 3 is 2.74 bits per heavy atom. The van der Waals surface area contributed by atoms with Crippen molar-refractivity contribution in [2.75, 3.05) is 6.54 Å². The van der Waals surface area contributed by atoms with E-state index in [4.69, 9.17) is 5.11 Å². The van der Waals surface area contributed by atoms with Crippen LogP contribution in [0.1, 0.15) is 29.6 Å². The molecule has 1 aliphatic heterocycles. The maximum atomic E-state index is 13.0. The number of aliphatic carboxylic acids is 1. The highest BCUT2D eigenvalue weighted by atomic mass is 79.9. The lowest BCUT2D eigenvalue weighted by Crippen LogP contribution is -2.48. The first-order valence-corrected chi connectivity index (χ1v) is 6.79. The van der Waals surface area contributed by atoms with Crippen LogP contribution in [0.3, 0.4) is 0 Å². The number of piperidine rings is 1. The Kier molecular flexibility index (Phi) is 4.19. The second-order valence-corrected chi connectivity index (χ2v) is 5.33. The number of likely N-dealkylation sites (tertiary alicyclic amines) is 1. The zero-order valence-electron chi connectivity index (χ0n) is 10.1. The van der Waals surface area contributed by atoms with Gasteiger partial charge in [0, 0.05) is 11.0 Å². The summed E-state index contributed by atoms with van der Waals surface area (Å²) in [5.74, 6) is -1.82. The molecule has 0 spiro atoms. The van der Waals surface area contributed by atoms with E-state index in [1.54, 1.807) is 0 Å². The summed E-state index contributed by atoms with van der Waals surface area (Å²) in [6, 6.07) is 2.97. The fourth-order valence-electron chi connectivity index (χ4n) is 2.25. The van der Waals surface area contributed by atoms with Crippen LogP contribution in [0.2, 0.25) is 0 Å². The van der Waals surface area contributed by atoms with E-state index in [1.807, 2.05) is 0 Å². The lowest BCUT2D eigenvalue weighted by atomic mass is 10.0. The van der Waals surface area contributed by atoms with Crippen LogP contribution in [-0.2, 0) is 4.79 Å². The van der Waals surface area contributed by atoms with Crippen molar-refractivity contribution in [3.63, 3.8) is 0 Å². The molecule has 1 amide bonds. The fourth-order valence-corrected chi connectivity index (χ4v) is 2.77. The van der Waals surface area contributed by atoms with Crippen LogP contribution in [0.4, 0.5) is 4.39 Å². The number of hydrogen-bond donors (Lipinski definition) is 1. The predicted octanol–water partition coefficient (Wildman–Crippen LogP) is 2.67. The van der Waals surface area contributed by atoms with Crippen molar-refractivity contribution >= 4 is 27.8 Å². The highest BCUT2D eigenvalue weighted by molar-refractivity contribution is 9.10. The van der Waals surface area contributed by atoms with Gasteiger partial charge in [-0.25, -0.2) is 9.18 Å². The minimum absolute atomic E-state index is 0.287. The van der Waals surface area contributed by atoms with Crippen LogP contribution in [0.25, 0.3) is 0 Å². The van der Waals surface area contributed by atoms with Crippen molar-refractivity contribution in [2.24, 2.45) is 0 Å². The van der Waals surface area contributed by atoms with Gasteiger partial charge in [0.25, 0.3) is 5.91 Å². The van der Waals surface area contributed by atoms with Crippen LogP contribution in [0.5, 0.6) is 0 Å². The van der Waals surface area contributed by atoms with Crippen LogP contribution in [0.15, 0.2) is 22.7 Å². The smallest absolute Gasteiger partial charge is 0.326 e. The van der Waals surface area contributed by atoms with Crippen molar-refractivity contribution in [3.05, 3.63) is 34.1 Å². The lowest BCUT2D eigenvalue weighted by Gasteiger charge is -2.33. The molecule has 0 bridgehead atoms. The van der Waals surface area contributed by atoms with Crippen LogP contribution < -0.4 is 0 Å². The fraction of sp³-hybridized carbons (Fsp3) is 0.385. The number of hydrogen-bond acceptors (Lipinski definition) is 2. The van der Waals surface area contributed by atoms with E-state index in [-0.39, 0.29) is 11.5 Å². The van der Waals surface area contributed by atoms with Crippen molar-refractivity contribution in [1.82, 2.24) is 4.90 Å². The summed E-state index contributed by atoms with van der Waals surface area (Å²) in [5.41, 5.74) is 0.287. The first-order chi connectivity index (χ1) is 9.00. The first-order valence-electron chi connectivity index (χ1n) is 5.99. The van der Waals surface area contributed by atoms with Crippen LogP contribution >= 0.6 is 15.9 Å². The number of rotatable bonds is 2. The average Bonchev–Trinajstić information content (AvgIpc) is 2.38. The SMILES string of the molecule is O=C(O)C1CCCCN1C(=O)c1ccc(F)cc1Br. The largest absolute Gasteiger partial charge is 0.480 e. The van der Waals surface area contributed by atoms with Gasteiger partial charge in [-0.1, -0.05) is 0 Å². The number of halogens is 2. The summed E-state index contributed by atoms with van der Waals surface area (Å²) >= 11 is 3.14. The van der Waals surface area contributed by atoms with E-state index in [1.165, 1.54) is 23.1 Å². The van der Waals surface area contributed by atoms with Crippen LogP contribution in [-0.4, -0.2) is 34.5 Å². The molecule has 19 heavy (non-hydrogen) atoms. The molecule has 1 N–H and O–H groups in total. The molecule has 1 aromatic carbocycles. The maximum Gasteiger partial charge on any atom is 0.326 e. The van der Waals surface area contributed by atoms with Crippen molar-refractivity contribution in [2.45, 2.75) is 25.3 Å². The molecule has 1 unspecified atom stereocenters.